The van der Waals surface area contributed by atoms with Gasteiger partial charge in [0.1, 0.15) is 0 Å². The summed E-state index contributed by atoms with van der Waals surface area (Å²) >= 11 is 0. The van der Waals surface area contributed by atoms with Crippen LogP contribution in [0.4, 0.5) is 0 Å². The van der Waals surface area contributed by atoms with Crippen LogP contribution in [-0.2, 0) is 19.0 Å². The lowest BCUT2D eigenvalue weighted by Gasteiger charge is -2.25. The molecule has 0 aliphatic carbocycles. The molecule has 100 valence electrons. The van der Waals surface area contributed by atoms with Gasteiger partial charge >= 0.3 is 0 Å². The van der Waals surface area contributed by atoms with Crippen LogP contribution < -0.4 is 0 Å². The van der Waals surface area contributed by atoms with Gasteiger partial charge in [0.05, 0.1) is 0 Å². The Kier molecular flexibility index (Phi) is 6.09. The van der Waals surface area contributed by atoms with Crippen LogP contribution in [-0.4, -0.2) is 32.1 Å². The Morgan fingerprint density at radius 3 is 2.65 bits per heavy atom. The molecular formula is C13H24O4. The quantitative estimate of drug-likeness (QED) is 0.616. The minimum atomic E-state index is -1.05. The average Bonchev–Trinajstić information content (AvgIpc) is 2.79. The van der Waals surface area contributed by atoms with Gasteiger partial charge in [-0.05, 0) is 6.42 Å². The fourth-order valence-electron chi connectivity index (χ4n) is 2.18. The third-order valence-corrected chi connectivity index (χ3v) is 3.31. The molecule has 2 atom stereocenters. The molecule has 4 heteroatoms. The summed E-state index contributed by atoms with van der Waals surface area (Å²) in [7, 11) is 3.12. The number of hydrogen-bond donors (Lipinski definition) is 0. The van der Waals surface area contributed by atoms with Crippen molar-refractivity contribution in [2.45, 2.75) is 63.9 Å². The number of ether oxygens (including phenoxy) is 3. The van der Waals surface area contributed by atoms with E-state index in [4.69, 9.17) is 14.2 Å². The Balaban J connectivity index is 2.41. The summed E-state index contributed by atoms with van der Waals surface area (Å²) in [6.45, 7) is 2.15. The standard InChI is InChI=1S/C13H24O4/c1-4-5-6-7-8-11(14)13(16-3)10-9-12(15-2)17-13/h12H,4-10H2,1-3H3. The van der Waals surface area contributed by atoms with E-state index in [1.165, 1.54) is 20.0 Å². The lowest BCUT2D eigenvalue weighted by molar-refractivity contribution is -0.245. The predicted octanol–water partition coefficient (Wildman–Crippen LogP) is 2.65. The summed E-state index contributed by atoms with van der Waals surface area (Å²) in [5.74, 6) is -0.997. The van der Waals surface area contributed by atoms with Crippen molar-refractivity contribution in [1.82, 2.24) is 0 Å². The van der Waals surface area contributed by atoms with E-state index >= 15 is 0 Å². The summed E-state index contributed by atoms with van der Waals surface area (Å²) in [6.07, 6.45) is 5.88. The van der Waals surface area contributed by atoms with E-state index < -0.39 is 5.79 Å². The maximum atomic E-state index is 12.1. The normalized spacial score (nSPS) is 28.5. The van der Waals surface area contributed by atoms with Gasteiger partial charge in [0.15, 0.2) is 12.1 Å². The maximum Gasteiger partial charge on any atom is 0.231 e. The highest BCUT2D eigenvalue weighted by Gasteiger charge is 2.46. The first kappa shape index (κ1) is 14.6. The van der Waals surface area contributed by atoms with Gasteiger partial charge in [-0.15, -0.1) is 0 Å². The van der Waals surface area contributed by atoms with E-state index in [1.54, 1.807) is 7.11 Å². The van der Waals surface area contributed by atoms with Crippen molar-refractivity contribution < 1.29 is 19.0 Å². The van der Waals surface area contributed by atoms with Crippen LogP contribution in [0.3, 0.4) is 0 Å². The Bertz CT molecular complexity index is 242. The Hall–Kier alpha value is -0.450. The molecule has 1 rings (SSSR count). The molecule has 1 heterocycles. The van der Waals surface area contributed by atoms with Gasteiger partial charge in [-0.25, -0.2) is 0 Å². The summed E-state index contributed by atoms with van der Waals surface area (Å²) in [4.78, 5) is 12.1. The molecule has 0 aromatic heterocycles. The fraction of sp³-hybridized carbons (Fsp3) is 0.923. The summed E-state index contributed by atoms with van der Waals surface area (Å²) in [5, 5.41) is 0. The van der Waals surface area contributed by atoms with E-state index in [2.05, 4.69) is 6.92 Å². The zero-order chi connectivity index (χ0) is 12.7. The van der Waals surface area contributed by atoms with Crippen LogP contribution in [0, 0.1) is 0 Å². The molecule has 1 saturated heterocycles. The number of methoxy groups -OCH3 is 2. The van der Waals surface area contributed by atoms with E-state index in [1.807, 2.05) is 0 Å². The Labute approximate surface area is 104 Å². The molecule has 0 amide bonds. The van der Waals surface area contributed by atoms with Gasteiger partial charge in [-0.2, -0.15) is 0 Å². The van der Waals surface area contributed by atoms with Gasteiger partial charge in [0.2, 0.25) is 5.79 Å². The molecular weight excluding hydrogens is 220 g/mol. The molecule has 0 bridgehead atoms. The van der Waals surface area contributed by atoms with Crippen LogP contribution in [0.15, 0.2) is 0 Å². The van der Waals surface area contributed by atoms with E-state index in [9.17, 15) is 4.79 Å². The summed E-state index contributed by atoms with van der Waals surface area (Å²) in [6, 6.07) is 0. The number of carbonyl (C=O) groups excluding carboxylic acids is 1. The molecule has 0 aromatic carbocycles. The molecule has 1 aliphatic heterocycles. The van der Waals surface area contributed by atoms with Crippen molar-refractivity contribution in [1.29, 1.82) is 0 Å². The van der Waals surface area contributed by atoms with Crippen LogP contribution >= 0.6 is 0 Å². The topological polar surface area (TPSA) is 44.8 Å². The number of ketones is 1. The molecule has 1 aliphatic rings. The fourth-order valence-corrected chi connectivity index (χ4v) is 2.18. The zero-order valence-corrected chi connectivity index (χ0v) is 11.2. The first-order valence-corrected chi connectivity index (χ1v) is 6.47. The van der Waals surface area contributed by atoms with Crippen molar-refractivity contribution in [3.63, 3.8) is 0 Å². The van der Waals surface area contributed by atoms with Crippen LogP contribution in [0.5, 0.6) is 0 Å². The molecule has 2 unspecified atom stereocenters. The molecule has 0 N–H and O–H groups in total. The highest BCUT2D eigenvalue weighted by molar-refractivity contribution is 5.86. The van der Waals surface area contributed by atoms with Crippen molar-refractivity contribution in [2.75, 3.05) is 14.2 Å². The number of carbonyl (C=O) groups is 1. The third kappa shape index (κ3) is 3.76. The van der Waals surface area contributed by atoms with E-state index in [0.29, 0.717) is 19.3 Å². The minimum absolute atomic E-state index is 0.0515. The largest absolute Gasteiger partial charge is 0.356 e. The molecule has 0 aromatic rings. The first-order valence-electron chi connectivity index (χ1n) is 6.47. The van der Waals surface area contributed by atoms with Gasteiger partial charge in [-0.3, -0.25) is 4.79 Å². The lowest BCUT2D eigenvalue weighted by atomic mass is 10.0. The van der Waals surface area contributed by atoms with Crippen LogP contribution in [0.2, 0.25) is 0 Å². The molecule has 0 saturated carbocycles. The number of Topliss-reactive ketones (excluding diaryl/α,β-unsaturated/α-hetero) is 1. The van der Waals surface area contributed by atoms with Crippen molar-refractivity contribution in [3.8, 4) is 0 Å². The lowest BCUT2D eigenvalue weighted by Crippen LogP contribution is -2.41. The molecule has 17 heavy (non-hydrogen) atoms. The second-order valence-corrected chi connectivity index (χ2v) is 4.51. The predicted molar refractivity (Wildman–Crippen MR) is 64.6 cm³/mol. The zero-order valence-electron chi connectivity index (χ0n) is 11.2. The molecule has 0 spiro atoms. The number of unbranched alkanes of at least 4 members (excludes halogenated alkanes) is 3. The molecule has 4 nitrogen and oxygen atoms in total. The smallest absolute Gasteiger partial charge is 0.231 e. The Morgan fingerprint density at radius 1 is 1.35 bits per heavy atom. The molecule has 0 radical (unpaired) electrons. The third-order valence-electron chi connectivity index (χ3n) is 3.31. The highest BCUT2D eigenvalue weighted by atomic mass is 16.8. The van der Waals surface area contributed by atoms with Gasteiger partial charge in [-0.1, -0.05) is 26.2 Å². The number of rotatable bonds is 8. The van der Waals surface area contributed by atoms with Crippen molar-refractivity contribution >= 4 is 5.78 Å². The summed E-state index contributed by atoms with van der Waals surface area (Å²) in [5.41, 5.74) is 0. The van der Waals surface area contributed by atoms with E-state index in [0.717, 1.165) is 12.8 Å². The second-order valence-electron chi connectivity index (χ2n) is 4.51. The van der Waals surface area contributed by atoms with Gasteiger partial charge in [0, 0.05) is 33.5 Å². The van der Waals surface area contributed by atoms with Crippen molar-refractivity contribution in [2.24, 2.45) is 0 Å². The summed E-state index contributed by atoms with van der Waals surface area (Å²) < 4.78 is 16.0. The average molecular weight is 244 g/mol. The SMILES string of the molecule is CCCCCCC(=O)C1(OC)CCC(OC)O1. The first-order chi connectivity index (χ1) is 8.18. The van der Waals surface area contributed by atoms with E-state index in [-0.39, 0.29) is 12.1 Å². The Morgan fingerprint density at radius 2 is 2.12 bits per heavy atom. The van der Waals surface area contributed by atoms with Crippen LogP contribution in [0.25, 0.3) is 0 Å². The van der Waals surface area contributed by atoms with Crippen LogP contribution in [0.1, 0.15) is 51.9 Å². The molecule has 1 fully saturated rings. The van der Waals surface area contributed by atoms with Gasteiger partial charge in [0.25, 0.3) is 0 Å². The maximum absolute atomic E-state index is 12.1. The highest BCUT2D eigenvalue weighted by Crippen LogP contribution is 2.33. The monoisotopic (exact) mass is 244 g/mol. The van der Waals surface area contributed by atoms with Gasteiger partial charge < -0.3 is 14.2 Å². The minimum Gasteiger partial charge on any atom is -0.356 e. The number of hydrogen-bond acceptors (Lipinski definition) is 4. The second kappa shape index (κ2) is 7.09. The van der Waals surface area contributed by atoms with Crippen molar-refractivity contribution in [3.05, 3.63) is 0 Å².